The van der Waals surface area contributed by atoms with E-state index < -0.39 is 4.92 Å². The van der Waals surface area contributed by atoms with Gasteiger partial charge in [-0.15, -0.1) is 0 Å². The van der Waals surface area contributed by atoms with E-state index in [9.17, 15) is 14.9 Å². The molecule has 0 fully saturated rings. The number of nitrogens with zero attached hydrogens (tertiary/aromatic N) is 4. The first-order valence-electron chi connectivity index (χ1n) is 6.48. The summed E-state index contributed by atoms with van der Waals surface area (Å²) < 4.78 is 6.57. The van der Waals surface area contributed by atoms with Gasteiger partial charge in [0.2, 0.25) is 0 Å². The average Bonchev–Trinajstić information content (AvgIpc) is 2.90. The molecular weight excluding hydrogens is 288 g/mol. The first-order chi connectivity index (χ1) is 10.4. The topological polar surface area (TPSA) is 90.5 Å². The van der Waals surface area contributed by atoms with Gasteiger partial charge < -0.3 is 9.64 Å². The van der Waals surface area contributed by atoms with Gasteiger partial charge in [-0.2, -0.15) is 5.10 Å². The number of amides is 1. The number of ether oxygens (including phenoxy) is 1. The summed E-state index contributed by atoms with van der Waals surface area (Å²) >= 11 is 0. The molecule has 2 aromatic rings. The molecule has 0 bridgehead atoms. The lowest BCUT2D eigenvalue weighted by molar-refractivity contribution is -0.385. The largest absolute Gasteiger partial charge is 0.490 e. The Morgan fingerprint density at radius 3 is 2.73 bits per heavy atom. The number of methoxy groups -OCH3 is 1. The average molecular weight is 304 g/mol. The van der Waals surface area contributed by atoms with E-state index in [0.717, 1.165) is 5.69 Å². The van der Waals surface area contributed by atoms with Crippen LogP contribution in [0, 0.1) is 10.1 Å². The number of hydrogen-bond donors (Lipinski definition) is 0. The molecule has 22 heavy (non-hydrogen) atoms. The maximum absolute atomic E-state index is 12.4. The summed E-state index contributed by atoms with van der Waals surface area (Å²) in [5.41, 5.74) is 0.729. The van der Waals surface area contributed by atoms with E-state index in [1.807, 2.05) is 0 Å². The predicted octanol–water partition coefficient (Wildman–Crippen LogP) is 1.61. The Kier molecular flexibility index (Phi) is 4.40. The molecule has 0 saturated carbocycles. The highest BCUT2D eigenvalue weighted by Crippen LogP contribution is 2.28. The molecule has 0 aliphatic rings. The molecular formula is C14H16N4O4. The van der Waals surface area contributed by atoms with Gasteiger partial charge in [-0.25, -0.2) is 0 Å². The zero-order valence-corrected chi connectivity index (χ0v) is 12.5. The fraction of sp³-hybridized carbons (Fsp3) is 0.286. The monoisotopic (exact) mass is 304 g/mol. The number of hydrogen-bond acceptors (Lipinski definition) is 5. The Morgan fingerprint density at radius 1 is 1.45 bits per heavy atom. The zero-order chi connectivity index (χ0) is 16.3. The minimum absolute atomic E-state index is 0.119. The van der Waals surface area contributed by atoms with Crippen LogP contribution in [0.4, 0.5) is 5.69 Å². The van der Waals surface area contributed by atoms with Crippen LogP contribution in [0.25, 0.3) is 0 Å². The molecule has 2 rings (SSSR count). The summed E-state index contributed by atoms with van der Waals surface area (Å²) in [4.78, 5) is 24.2. The Morgan fingerprint density at radius 2 is 2.18 bits per heavy atom. The van der Waals surface area contributed by atoms with Crippen molar-refractivity contribution in [1.82, 2.24) is 14.7 Å². The Bertz CT molecular complexity index is 711. The van der Waals surface area contributed by atoms with Gasteiger partial charge in [0.25, 0.3) is 5.91 Å². The van der Waals surface area contributed by atoms with Gasteiger partial charge in [0.05, 0.1) is 24.3 Å². The predicted molar refractivity (Wildman–Crippen MR) is 78.7 cm³/mol. The number of rotatable bonds is 5. The van der Waals surface area contributed by atoms with Crippen molar-refractivity contribution in [2.24, 2.45) is 7.05 Å². The minimum Gasteiger partial charge on any atom is -0.490 e. The van der Waals surface area contributed by atoms with Crippen molar-refractivity contribution >= 4 is 11.6 Å². The van der Waals surface area contributed by atoms with Gasteiger partial charge in [-0.3, -0.25) is 19.6 Å². The Hall–Kier alpha value is -2.90. The van der Waals surface area contributed by atoms with E-state index in [0.29, 0.717) is 6.54 Å². The summed E-state index contributed by atoms with van der Waals surface area (Å²) in [6.07, 6.45) is 1.78. The number of aromatic nitrogens is 2. The number of carbonyl (C=O) groups is 1. The van der Waals surface area contributed by atoms with Crippen molar-refractivity contribution in [1.29, 1.82) is 0 Å². The SMILES string of the molecule is COc1ccc(C(=O)N(C)Cc2ccn(C)n2)cc1[N+](=O)[O-]. The second kappa shape index (κ2) is 6.25. The van der Waals surface area contributed by atoms with Crippen LogP contribution in [0.2, 0.25) is 0 Å². The summed E-state index contributed by atoms with van der Waals surface area (Å²) in [5, 5.41) is 15.2. The molecule has 1 heterocycles. The van der Waals surface area contributed by atoms with Gasteiger partial charge in [0.15, 0.2) is 5.75 Å². The highest BCUT2D eigenvalue weighted by Gasteiger charge is 2.20. The molecule has 0 atom stereocenters. The number of carbonyl (C=O) groups excluding carboxylic acids is 1. The van der Waals surface area contributed by atoms with E-state index in [1.54, 1.807) is 31.0 Å². The standard InChI is InChI=1S/C14H16N4O4/c1-16(9-11-6-7-17(2)15-11)14(19)10-4-5-13(22-3)12(8-10)18(20)21/h4-8H,9H2,1-3H3. The lowest BCUT2D eigenvalue weighted by atomic mass is 10.1. The minimum atomic E-state index is -0.575. The Balaban J connectivity index is 2.21. The van der Waals surface area contributed by atoms with E-state index in [1.165, 1.54) is 30.2 Å². The van der Waals surface area contributed by atoms with Gasteiger partial charge in [-0.1, -0.05) is 0 Å². The lowest BCUT2D eigenvalue weighted by Crippen LogP contribution is -2.26. The Labute approximate surface area is 127 Å². The maximum Gasteiger partial charge on any atom is 0.311 e. The molecule has 0 spiro atoms. The summed E-state index contributed by atoms with van der Waals surface area (Å²) in [7, 11) is 4.75. The van der Waals surface area contributed by atoms with Gasteiger partial charge in [0.1, 0.15) is 0 Å². The van der Waals surface area contributed by atoms with Gasteiger partial charge in [-0.05, 0) is 18.2 Å². The van der Waals surface area contributed by atoms with Crippen molar-refractivity contribution in [2.45, 2.75) is 6.54 Å². The van der Waals surface area contributed by atoms with Crippen LogP contribution in [0.3, 0.4) is 0 Å². The third kappa shape index (κ3) is 3.22. The van der Waals surface area contributed by atoms with Crippen molar-refractivity contribution in [3.05, 3.63) is 51.8 Å². The van der Waals surface area contributed by atoms with Crippen molar-refractivity contribution in [3.63, 3.8) is 0 Å². The summed E-state index contributed by atoms with van der Waals surface area (Å²) in [5.74, 6) is -0.203. The number of nitro groups is 1. The van der Waals surface area contributed by atoms with E-state index in [4.69, 9.17) is 4.74 Å². The smallest absolute Gasteiger partial charge is 0.311 e. The van der Waals surface area contributed by atoms with Crippen LogP contribution in [0.5, 0.6) is 5.75 Å². The quantitative estimate of drug-likeness (QED) is 0.618. The van der Waals surface area contributed by atoms with Crippen molar-refractivity contribution in [2.75, 3.05) is 14.2 Å². The highest BCUT2D eigenvalue weighted by atomic mass is 16.6. The highest BCUT2D eigenvalue weighted by molar-refractivity contribution is 5.95. The molecule has 0 aliphatic heterocycles. The number of benzene rings is 1. The van der Waals surface area contributed by atoms with Crippen LogP contribution >= 0.6 is 0 Å². The van der Waals surface area contributed by atoms with Gasteiger partial charge >= 0.3 is 5.69 Å². The van der Waals surface area contributed by atoms with Crippen LogP contribution in [0.15, 0.2) is 30.5 Å². The van der Waals surface area contributed by atoms with Crippen molar-refractivity contribution < 1.29 is 14.5 Å². The fourth-order valence-corrected chi connectivity index (χ4v) is 2.05. The van der Waals surface area contributed by atoms with Gasteiger partial charge in [0, 0.05) is 31.9 Å². The fourth-order valence-electron chi connectivity index (χ4n) is 2.05. The second-order valence-corrected chi connectivity index (χ2v) is 4.79. The normalized spacial score (nSPS) is 10.3. The lowest BCUT2D eigenvalue weighted by Gasteiger charge is -2.16. The summed E-state index contributed by atoms with van der Waals surface area (Å²) in [6.45, 7) is 0.319. The number of aryl methyl sites for hydroxylation is 1. The molecule has 0 saturated heterocycles. The van der Waals surface area contributed by atoms with Crippen LogP contribution in [-0.2, 0) is 13.6 Å². The second-order valence-electron chi connectivity index (χ2n) is 4.79. The van der Waals surface area contributed by atoms with E-state index in [-0.39, 0.29) is 22.9 Å². The third-order valence-electron chi connectivity index (χ3n) is 3.14. The number of nitro benzene ring substituents is 1. The molecule has 8 heteroatoms. The molecule has 8 nitrogen and oxygen atoms in total. The first-order valence-corrected chi connectivity index (χ1v) is 6.48. The molecule has 0 radical (unpaired) electrons. The zero-order valence-electron chi connectivity index (χ0n) is 12.5. The molecule has 1 aromatic carbocycles. The summed E-state index contributed by atoms with van der Waals surface area (Å²) in [6, 6.07) is 5.94. The molecule has 1 amide bonds. The van der Waals surface area contributed by atoms with Crippen LogP contribution < -0.4 is 4.74 Å². The van der Waals surface area contributed by atoms with E-state index in [2.05, 4.69) is 5.10 Å². The van der Waals surface area contributed by atoms with Crippen LogP contribution in [-0.4, -0.2) is 39.7 Å². The third-order valence-corrected chi connectivity index (χ3v) is 3.14. The molecule has 0 aliphatic carbocycles. The molecule has 1 aromatic heterocycles. The molecule has 116 valence electrons. The first kappa shape index (κ1) is 15.5. The van der Waals surface area contributed by atoms with Crippen molar-refractivity contribution in [3.8, 4) is 5.75 Å². The molecule has 0 unspecified atom stereocenters. The van der Waals surface area contributed by atoms with E-state index >= 15 is 0 Å². The van der Waals surface area contributed by atoms with Crippen LogP contribution in [0.1, 0.15) is 16.1 Å². The molecule has 0 N–H and O–H groups in total. The maximum atomic E-state index is 12.4.